The third kappa shape index (κ3) is 5.32. The SMILES string of the molecule is CCCCN(C)CC(=O)NC(C)c1ccccc1. The molecule has 1 rings (SSSR count). The van der Waals surface area contributed by atoms with Crippen molar-refractivity contribution in [3.63, 3.8) is 0 Å². The Morgan fingerprint density at radius 3 is 2.61 bits per heavy atom. The molecule has 1 aromatic carbocycles. The Bertz CT molecular complexity index is 351. The minimum Gasteiger partial charge on any atom is -0.348 e. The van der Waals surface area contributed by atoms with Crippen molar-refractivity contribution in [3.8, 4) is 0 Å². The Hall–Kier alpha value is -1.35. The van der Waals surface area contributed by atoms with E-state index in [1.54, 1.807) is 0 Å². The van der Waals surface area contributed by atoms with Gasteiger partial charge < -0.3 is 5.32 Å². The first-order chi connectivity index (χ1) is 8.63. The van der Waals surface area contributed by atoms with Crippen LogP contribution in [0.3, 0.4) is 0 Å². The van der Waals surface area contributed by atoms with Crippen LogP contribution in [0.1, 0.15) is 38.3 Å². The molecule has 0 fully saturated rings. The lowest BCUT2D eigenvalue weighted by atomic mass is 10.1. The quantitative estimate of drug-likeness (QED) is 0.804. The highest BCUT2D eigenvalue weighted by atomic mass is 16.2. The van der Waals surface area contributed by atoms with Crippen LogP contribution in [0.5, 0.6) is 0 Å². The summed E-state index contributed by atoms with van der Waals surface area (Å²) in [5.41, 5.74) is 1.14. The van der Waals surface area contributed by atoms with Crippen LogP contribution in [-0.2, 0) is 4.79 Å². The molecule has 0 saturated heterocycles. The molecular weight excluding hydrogens is 224 g/mol. The zero-order valence-corrected chi connectivity index (χ0v) is 11.6. The zero-order chi connectivity index (χ0) is 13.4. The van der Waals surface area contributed by atoms with Gasteiger partial charge in [0.05, 0.1) is 12.6 Å². The van der Waals surface area contributed by atoms with E-state index in [4.69, 9.17) is 0 Å². The van der Waals surface area contributed by atoms with Crippen molar-refractivity contribution >= 4 is 5.91 Å². The van der Waals surface area contributed by atoms with Gasteiger partial charge in [-0.15, -0.1) is 0 Å². The molecule has 18 heavy (non-hydrogen) atoms. The minimum absolute atomic E-state index is 0.0678. The van der Waals surface area contributed by atoms with E-state index in [-0.39, 0.29) is 11.9 Å². The van der Waals surface area contributed by atoms with Crippen LogP contribution in [-0.4, -0.2) is 30.9 Å². The van der Waals surface area contributed by atoms with Gasteiger partial charge in [0.15, 0.2) is 0 Å². The summed E-state index contributed by atoms with van der Waals surface area (Å²) in [6.07, 6.45) is 2.30. The van der Waals surface area contributed by atoms with Crippen molar-refractivity contribution < 1.29 is 4.79 Å². The molecule has 0 bridgehead atoms. The molecular formula is C15H24N2O. The number of amides is 1. The molecule has 1 aromatic rings. The van der Waals surface area contributed by atoms with E-state index in [2.05, 4.69) is 17.1 Å². The maximum absolute atomic E-state index is 11.8. The summed E-state index contributed by atoms with van der Waals surface area (Å²) in [4.78, 5) is 13.9. The van der Waals surface area contributed by atoms with Crippen LogP contribution < -0.4 is 5.32 Å². The number of unbranched alkanes of at least 4 members (excludes halogenated alkanes) is 1. The summed E-state index contributed by atoms with van der Waals surface area (Å²) in [5, 5.41) is 3.02. The van der Waals surface area contributed by atoms with Crippen molar-refractivity contribution in [1.82, 2.24) is 10.2 Å². The number of nitrogens with zero attached hydrogens (tertiary/aromatic N) is 1. The van der Waals surface area contributed by atoms with E-state index in [9.17, 15) is 4.79 Å². The third-order valence-electron chi connectivity index (χ3n) is 2.98. The van der Waals surface area contributed by atoms with Gasteiger partial charge in [-0.2, -0.15) is 0 Å². The van der Waals surface area contributed by atoms with Gasteiger partial charge in [0.1, 0.15) is 0 Å². The fourth-order valence-electron chi connectivity index (χ4n) is 1.86. The number of hydrogen-bond donors (Lipinski definition) is 1. The largest absolute Gasteiger partial charge is 0.348 e. The van der Waals surface area contributed by atoms with Gasteiger partial charge in [-0.05, 0) is 32.5 Å². The van der Waals surface area contributed by atoms with E-state index in [1.807, 2.05) is 44.3 Å². The highest BCUT2D eigenvalue weighted by Gasteiger charge is 2.10. The van der Waals surface area contributed by atoms with Crippen LogP contribution in [0.4, 0.5) is 0 Å². The molecule has 1 N–H and O–H groups in total. The average Bonchev–Trinajstić information content (AvgIpc) is 2.37. The first-order valence-electron chi connectivity index (χ1n) is 6.66. The van der Waals surface area contributed by atoms with Crippen molar-refractivity contribution in [1.29, 1.82) is 0 Å². The number of rotatable bonds is 7. The molecule has 0 aliphatic carbocycles. The molecule has 0 aliphatic rings. The van der Waals surface area contributed by atoms with E-state index in [0.29, 0.717) is 6.54 Å². The lowest BCUT2D eigenvalue weighted by Gasteiger charge is -2.19. The van der Waals surface area contributed by atoms with Crippen molar-refractivity contribution in [2.24, 2.45) is 0 Å². The van der Waals surface area contributed by atoms with Gasteiger partial charge in [-0.1, -0.05) is 43.7 Å². The average molecular weight is 248 g/mol. The van der Waals surface area contributed by atoms with Gasteiger partial charge in [-0.3, -0.25) is 9.69 Å². The molecule has 1 atom stereocenters. The molecule has 1 amide bonds. The van der Waals surface area contributed by atoms with Gasteiger partial charge >= 0.3 is 0 Å². The summed E-state index contributed by atoms with van der Waals surface area (Å²) in [6.45, 7) is 5.62. The molecule has 1 unspecified atom stereocenters. The summed E-state index contributed by atoms with van der Waals surface area (Å²) < 4.78 is 0. The lowest BCUT2D eigenvalue weighted by molar-refractivity contribution is -0.122. The predicted molar refractivity (Wildman–Crippen MR) is 75.4 cm³/mol. The number of likely N-dealkylation sites (N-methyl/N-ethyl adjacent to an activating group) is 1. The highest BCUT2D eigenvalue weighted by molar-refractivity contribution is 5.78. The number of carbonyl (C=O) groups excluding carboxylic acids is 1. The third-order valence-corrected chi connectivity index (χ3v) is 2.98. The second kappa shape index (κ2) is 7.88. The predicted octanol–water partition coefficient (Wildman–Crippen LogP) is 2.60. The van der Waals surface area contributed by atoms with Crippen molar-refractivity contribution in [2.75, 3.05) is 20.1 Å². The van der Waals surface area contributed by atoms with E-state index in [0.717, 1.165) is 24.9 Å². The van der Waals surface area contributed by atoms with E-state index in [1.165, 1.54) is 0 Å². The molecule has 100 valence electrons. The molecule has 0 aliphatic heterocycles. The molecule has 3 nitrogen and oxygen atoms in total. The number of hydrogen-bond acceptors (Lipinski definition) is 2. The summed E-state index contributed by atoms with van der Waals surface area (Å²) >= 11 is 0. The molecule has 0 radical (unpaired) electrons. The maximum atomic E-state index is 11.8. The first kappa shape index (κ1) is 14.7. The molecule has 0 aromatic heterocycles. The standard InChI is InChI=1S/C15H24N2O/c1-4-5-11-17(3)12-15(18)16-13(2)14-9-7-6-8-10-14/h6-10,13H,4-5,11-12H2,1-3H3,(H,16,18). The van der Waals surface area contributed by atoms with Gasteiger partial charge in [-0.25, -0.2) is 0 Å². The second-order valence-corrected chi connectivity index (χ2v) is 4.79. The number of nitrogens with one attached hydrogen (secondary N) is 1. The van der Waals surface area contributed by atoms with Crippen LogP contribution >= 0.6 is 0 Å². The van der Waals surface area contributed by atoms with Crippen molar-refractivity contribution in [2.45, 2.75) is 32.7 Å². The van der Waals surface area contributed by atoms with E-state index >= 15 is 0 Å². The Kier molecular flexibility index (Phi) is 6.44. The van der Waals surface area contributed by atoms with Crippen molar-refractivity contribution in [3.05, 3.63) is 35.9 Å². The van der Waals surface area contributed by atoms with Gasteiger partial charge in [0, 0.05) is 0 Å². The Morgan fingerprint density at radius 1 is 1.33 bits per heavy atom. The zero-order valence-electron chi connectivity index (χ0n) is 11.6. The smallest absolute Gasteiger partial charge is 0.234 e. The number of carbonyl (C=O) groups is 1. The lowest BCUT2D eigenvalue weighted by Crippen LogP contribution is -2.36. The summed E-state index contributed by atoms with van der Waals surface area (Å²) in [5.74, 6) is 0.0879. The van der Waals surface area contributed by atoms with Gasteiger partial charge in [0.2, 0.25) is 5.91 Å². The Morgan fingerprint density at radius 2 is 2.00 bits per heavy atom. The fourth-order valence-corrected chi connectivity index (χ4v) is 1.86. The van der Waals surface area contributed by atoms with Gasteiger partial charge in [0.25, 0.3) is 0 Å². The highest BCUT2D eigenvalue weighted by Crippen LogP contribution is 2.10. The Labute approximate surface area is 110 Å². The minimum atomic E-state index is 0.0678. The molecule has 0 saturated carbocycles. The summed E-state index contributed by atoms with van der Waals surface area (Å²) in [7, 11) is 1.99. The monoisotopic (exact) mass is 248 g/mol. The van der Waals surface area contributed by atoms with Crippen LogP contribution in [0.15, 0.2) is 30.3 Å². The van der Waals surface area contributed by atoms with Crippen LogP contribution in [0, 0.1) is 0 Å². The first-order valence-corrected chi connectivity index (χ1v) is 6.66. The van der Waals surface area contributed by atoms with Crippen LogP contribution in [0.2, 0.25) is 0 Å². The molecule has 0 spiro atoms. The molecule has 0 heterocycles. The van der Waals surface area contributed by atoms with E-state index < -0.39 is 0 Å². The second-order valence-electron chi connectivity index (χ2n) is 4.79. The summed E-state index contributed by atoms with van der Waals surface area (Å²) in [6, 6.07) is 10.1. The van der Waals surface area contributed by atoms with Crippen LogP contribution in [0.25, 0.3) is 0 Å². The Balaban J connectivity index is 2.36. The fraction of sp³-hybridized carbons (Fsp3) is 0.533. The normalized spacial score (nSPS) is 12.4. The molecule has 3 heteroatoms. The topological polar surface area (TPSA) is 32.3 Å². The number of benzene rings is 1. The maximum Gasteiger partial charge on any atom is 0.234 e.